The lowest BCUT2D eigenvalue weighted by molar-refractivity contribution is -0.143. The van der Waals surface area contributed by atoms with Gasteiger partial charge in [0.15, 0.2) is 0 Å². The molecule has 0 bridgehead atoms. The van der Waals surface area contributed by atoms with Crippen molar-refractivity contribution >= 4 is 11.9 Å². The number of carbonyl (C=O) groups excluding carboxylic acids is 2. The number of amides is 1. The Hall–Kier alpha value is -2.18. The summed E-state index contributed by atoms with van der Waals surface area (Å²) in [6.07, 6.45) is 77.1. The molecule has 0 saturated heterocycles. The number of allylic oxidation sites excluding steroid dienone is 7. The van der Waals surface area contributed by atoms with Gasteiger partial charge in [-0.1, -0.05) is 274 Å². The summed E-state index contributed by atoms with van der Waals surface area (Å²) in [5.74, 6) is -0.0854. The molecule has 2 atom stereocenters. The molecule has 0 radical (unpaired) electrons. The van der Waals surface area contributed by atoms with Crippen LogP contribution in [0.2, 0.25) is 0 Å². The number of aliphatic hydroxyl groups excluding tert-OH is 2. The van der Waals surface area contributed by atoms with Crippen LogP contribution >= 0.6 is 0 Å². The molecule has 0 aromatic heterocycles. The van der Waals surface area contributed by atoms with Crippen molar-refractivity contribution in [3.8, 4) is 0 Å². The summed E-state index contributed by atoms with van der Waals surface area (Å²) in [4.78, 5) is 24.6. The van der Waals surface area contributed by atoms with Crippen LogP contribution in [0.3, 0.4) is 0 Å². The third-order valence-electron chi connectivity index (χ3n) is 14.3. The first-order chi connectivity index (χ1) is 35.0. The zero-order valence-corrected chi connectivity index (χ0v) is 47.5. The number of unbranched alkanes of at least 4 members (excludes halogenated alkanes) is 41. The average molecular weight is 997 g/mol. The Morgan fingerprint density at radius 3 is 1.11 bits per heavy atom. The van der Waals surface area contributed by atoms with E-state index < -0.39 is 12.1 Å². The third kappa shape index (κ3) is 57.0. The van der Waals surface area contributed by atoms with Crippen molar-refractivity contribution in [2.75, 3.05) is 13.2 Å². The van der Waals surface area contributed by atoms with Gasteiger partial charge in [-0.05, 0) is 89.9 Å². The second-order valence-corrected chi connectivity index (χ2v) is 21.4. The number of aliphatic hydroxyl groups is 2. The lowest BCUT2D eigenvalue weighted by Gasteiger charge is -2.20. The number of hydrogen-bond acceptors (Lipinski definition) is 5. The summed E-state index contributed by atoms with van der Waals surface area (Å²) in [5, 5.41) is 23.2. The first-order valence-electron chi connectivity index (χ1n) is 31.4. The van der Waals surface area contributed by atoms with E-state index in [1.54, 1.807) is 6.08 Å². The second-order valence-electron chi connectivity index (χ2n) is 21.4. The summed E-state index contributed by atoms with van der Waals surface area (Å²) in [7, 11) is 0. The molecular weight excluding hydrogens is 875 g/mol. The van der Waals surface area contributed by atoms with Crippen LogP contribution < -0.4 is 5.32 Å². The number of nitrogens with one attached hydrogen (secondary N) is 1. The third-order valence-corrected chi connectivity index (χ3v) is 14.3. The molecule has 0 aliphatic heterocycles. The molecule has 6 heteroatoms. The summed E-state index contributed by atoms with van der Waals surface area (Å²) >= 11 is 0. The zero-order valence-electron chi connectivity index (χ0n) is 47.5. The van der Waals surface area contributed by atoms with Crippen LogP contribution in [0.15, 0.2) is 48.6 Å². The topological polar surface area (TPSA) is 95.9 Å². The molecule has 416 valence electrons. The van der Waals surface area contributed by atoms with E-state index in [1.807, 2.05) is 6.08 Å². The average Bonchev–Trinajstić information content (AvgIpc) is 3.37. The number of carbonyl (C=O) groups is 2. The standard InChI is InChI=1S/C65H121NO5/c1-3-5-7-9-11-13-15-17-19-21-23-27-31-35-39-43-47-51-55-59-65(70)71-60-56-52-48-44-40-36-32-28-24-26-30-34-38-42-46-50-54-58-64(69)66-62(61-67)63(68)57-53-49-45-41-37-33-29-25-22-20-18-16-14-12-10-8-6-4-2/h11,13,17,19,24,28,53,57,62-63,67-68H,3-10,12,14-16,18,20-23,25-27,29-52,54-56,58-61H2,1-2H3,(H,66,69)/b13-11-,19-17-,28-24-,57-53+. The van der Waals surface area contributed by atoms with Gasteiger partial charge in [0.1, 0.15) is 0 Å². The summed E-state index contributed by atoms with van der Waals surface area (Å²) in [5.41, 5.74) is 0. The minimum atomic E-state index is -0.854. The molecule has 0 saturated carbocycles. The van der Waals surface area contributed by atoms with Gasteiger partial charge in [0, 0.05) is 12.8 Å². The maximum atomic E-state index is 12.5. The van der Waals surface area contributed by atoms with Crippen molar-refractivity contribution in [1.82, 2.24) is 5.32 Å². The fraction of sp³-hybridized carbons (Fsp3) is 0.846. The van der Waals surface area contributed by atoms with Crippen molar-refractivity contribution in [1.29, 1.82) is 0 Å². The van der Waals surface area contributed by atoms with Crippen LogP contribution in [0.25, 0.3) is 0 Å². The quantitative estimate of drug-likeness (QED) is 0.0321. The normalized spacial score (nSPS) is 12.9. The molecule has 71 heavy (non-hydrogen) atoms. The Balaban J connectivity index is 3.48. The highest BCUT2D eigenvalue weighted by atomic mass is 16.5. The van der Waals surface area contributed by atoms with Crippen LogP contribution in [0.5, 0.6) is 0 Å². The van der Waals surface area contributed by atoms with Crippen LogP contribution in [0.1, 0.15) is 328 Å². The molecule has 0 aromatic rings. The predicted octanol–water partition coefficient (Wildman–Crippen LogP) is 19.7. The Labute approximate surface area is 442 Å². The van der Waals surface area contributed by atoms with E-state index in [-0.39, 0.29) is 18.5 Å². The lowest BCUT2D eigenvalue weighted by Crippen LogP contribution is -2.45. The van der Waals surface area contributed by atoms with Crippen LogP contribution in [-0.2, 0) is 14.3 Å². The molecule has 0 aliphatic carbocycles. The van der Waals surface area contributed by atoms with Gasteiger partial charge in [0.2, 0.25) is 5.91 Å². The van der Waals surface area contributed by atoms with Gasteiger partial charge >= 0.3 is 5.97 Å². The molecule has 0 spiro atoms. The van der Waals surface area contributed by atoms with E-state index >= 15 is 0 Å². The minimum absolute atomic E-state index is 0.00657. The molecule has 3 N–H and O–H groups in total. The van der Waals surface area contributed by atoms with E-state index in [2.05, 4.69) is 55.6 Å². The molecule has 6 nitrogen and oxygen atoms in total. The SMILES string of the molecule is CCCCC/C=C\C/C=C\CCCCCCCCCCCC(=O)OCCCCCCCC/C=C\CCCCCCCCCC(=O)NC(CO)C(O)/C=C/CCCCCCCCCCCCCCCCCC. The number of ether oxygens (including phenoxy) is 1. The number of esters is 1. The van der Waals surface area contributed by atoms with E-state index in [4.69, 9.17) is 4.74 Å². The zero-order chi connectivity index (χ0) is 51.4. The molecule has 2 unspecified atom stereocenters. The van der Waals surface area contributed by atoms with Crippen molar-refractivity contribution in [2.24, 2.45) is 0 Å². The Kier molecular flexibility index (Phi) is 58.5. The summed E-state index contributed by atoms with van der Waals surface area (Å²) < 4.78 is 5.49. The molecule has 0 fully saturated rings. The largest absolute Gasteiger partial charge is 0.466 e. The number of hydrogen-bond donors (Lipinski definition) is 3. The maximum Gasteiger partial charge on any atom is 0.305 e. The van der Waals surface area contributed by atoms with Crippen molar-refractivity contribution in [3.05, 3.63) is 48.6 Å². The van der Waals surface area contributed by atoms with Gasteiger partial charge in [-0.3, -0.25) is 9.59 Å². The number of rotatable bonds is 58. The Morgan fingerprint density at radius 1 is 0.394 bits per heavy atom. The highest BCUT2D eigenvalue weighted by Gasteiger charge is 2.18. The van der Waals surface area contributed by atoms with Gasteiger partial charge in [-0.2, -0.15) is 0 Å². The highest BCUT2D eigenvalue weighted by Crippen LogP contribution is 2.17. The van der Waals surface area contributed by atoms with Crippen LogP contribution in [0.4, 0.5) is 0 Å². The van der Waals surface area contributed by atoms with Crippen molar-refractivity contribution in [3.63, 3.8) is 0 Å². The molecule has 0 aliphatic rings. The van der Waals surface area contributed by atoms with Gasteiger partial charge in [0.05, 0.1) is 25.4 Å². The molecule has 0 rings (SSSR count). The monoisotopic (exact) mass is 996 g/mol. The van der Waals surface area contributed by atoms with E-state index in [0.717, 1.165) is 64.2 Å². The Morgan fingerprint density at radius 2 is 0.704 bits per heavy atom. The minimum Gasteiger partial charge on any atom is -0.466 e. The molecule has 1 amide bonds. The fourth-order valence-corrected chi connectivity index (χ4v) is 9.48. The molecule has 0 aromatic carbocycles. The van der Waals surface area contributed by atoms with Gasteiger partial charge in [-0.25, -0.2) is 0 Å². The second kappa shape index (κ2) is 60.4. The van der Waals surface area contributed by atoms with Gasteiger partial charge in [0.25, 0.3) is 0 Å². The smallest absolute Gasteiger partial charge is 0.305 e. The Bertz CT molecular complexity index is 1190. The first kappa shape index (κ1) is 68.8. The molecular formula is C65H121NO5. The van der Waals surface area contributed by atoms with Gasteiger partial charge < -0.3 is 20.3 Å². The molecule has 0 heterocycles. The van der Waals surface area contributed by atoms with E-state index in [9.17, 15) is 19.8 Å². The summed E-state index contributed by atoms with van der Waals surface area (Å²) in [6.45, 7) is 4.87. The fourth-order valence-electron chi connectivity index (χ4n) is 9.48. The lowest BCUT2D eigenvalue weighted by atomic mass is 10.0. The van der Waals surface area contributed by atoms with Gasteiger partial charge in [-0.15, -0.1) is 0 Å². The van der Waals surface area contributed by atoms with Crippen LogP contribution in [-0.4, -0.2) is 47.4 Å². The van der Waals surface area contributed by atoms with Crippen molar-refractivity contribution in [2.45, 2.75) is 341 Å². The maximum absolute atomic E-state index is 12.5. The van der Waals surface area contributed by atoms with Crippen molar-refractivity contribution < 1.29 is 24.5 Å². The van der Waals surface area contributed by atoms with E-state index in [1.165, 1.54) is 238 Å². The highest BCUT2D eigenvalue weighted by molar-refractivity contribution is 5.76. The van der Waals surface area contributed by atoms with E-state index in [0.29, 0.717) is 19.4 Å². The summed E-state index contributed by atoms with van der Waals surface area (Å²) in [6, 6.07) is -0.638. The van der Waals surface area contributed by atoms with Crippen LogP contribution in [0, 0.1) is 0 Å². The predicted molar refractivity (Wildman–Crippen MR) is 310 cm³/mol. The first-order valence-corrected chi connectivity index (χ1v) is 31.4.